The fourth-order valence-corrected chi connectivity index (χ4v) is 1.88. The maximum Gasteiger partial charge on any atom is 0.226 e. The quantitative estimate of drug-likeness (QED) is 0.687. The average Bonchev–Trinajstić information content (AvgIpc) is 2.36. The highest BCUT2D eigenvalue weighted by molar-refractivity contribution is 5.31. The first-order chi connectivity index (χ1) is 9.15. The fourth-order valence-electron chi connectivity index (χ4n) is 1.88. The Kier molecular flexibility index (Phi) is 7.23. The molecule has 0 saturated heterocycles. The van der Waals surface area contributed by atoms with Gasteiger partial charge in [0.1, 0.15) is 0 Å². The van der Waals surface area contributed by atoms with Crippen molar-refractivity contribution in [2.75, 3.05) is 11.9 Å². The van der Waals surface area contributed by atoms with Gasteiger partial charge in [-0.3, -0.25) is 0 Å². The Labute approximate surface area is 117 Å². The molecular formula is C15H27N3O. The topological polar surface area (TPSA) is 47.0 Å². The van der Waals surface area contributed by atoms with Crippen LogP contribution < -0.4 is 10.1 Å². The molecule has 4 nitrogen and oxygen atoms in total. The normalized spacial score (nSPS) is 12.2. The minimum Gasteiger partial charge on any atom is -0.478 e. The number of anilines is 1. The highest BCUT2D eigenvalue weighted by Gasteiger charge is 2.07. The van der Waals surface area contributed by atoms with Crippen LogP contribution in [0.3, 0.4) is 0 Å². The van der Waals surface area contributed by atoms with Crippen LogP contribution >= 0.6 is 0 Å². The number of nitrogens with zero attached hydrogens (tertiary/aromatic N) is 2. The molecule has 0 aromatic carbocycles. The second-order valence-corrected chi connectivity index (χ2v) is 5.06. The molecule has 1 atom stereocenters. The van der Waals surface area contributed by atoms with Gasteiger partial charge in [0.05, 0.1) is 6.61 Å². The summed E-state index contributed by atoms with van der Waals surface area (Å²) in [5.41, 5.74) is 0.935. The van der Waals surface area contributed by atoms with Crippen LogP contribution in [0.4, 0.5) is 5.95 Å². The van der Waals surface area contributed by atoms with Crippen LogP contribution in [0.15, 0.2) is 6.07 Å². The summed E-state index contributed by atoms with van der Waals surface area (Å²) in [4.78, 5) is 8.80. The number of hydrogen-bond donors (Lipinski definition) is 1. The summed E-state index contributed by atoms with van der Waals surface area (Å²) in [6.45, 7) is 9.14. The molecule has 1 rings (SSSR count). The van der Waals surface area contributed by atoms with Crippen LogP contribution in [0.2, 0.25) is 0 Å². The van der Waals surface area contributed by atoms with Gasteiger partial charge in [0.2, 0.25) is 11.8 Å². The lowest BCUT2D eigenvalue weighted by Crippen LogP contribution is -2.17. The number of hydrogen-bond acceptors (Lipinski definition) is 4. The Balaban J connectivity index is 2.54. The number of unbranched alkanes of at least 4 members (excludes halogenated alkanes) is 2. The summed E-state index contributed by atoms with van der Waals surface area (Å²) < 4.78 is 5.57. The zero-order valence-electron chi connectivity index (χ0n) is 12.7. The van der Waals surface area contributed by atoms with E-state index in [-0.39, 0.29) is 0 Å². The molecule has 0 amide bonds. The predicted molar refractivity (Wildman–Crippen MR) is 79.8 cm³/mol. The largest absolute Gasteiger partial charge is 0.478 e. The molecule has 1 N–H and O–H groups in total. The van der Waals surface area contributed by atoms with E-state index in [1.54, 1.807) is 0 Å². The molecule has 1 heterocycles. The van der Waals surface area contributed by atoms with E-state index in [2.05, 4.69) is 36.1 Å². The van der Waals surface area contributed by atoms with Crippen LogP contribution in [0.1, 0.15) is 58.6 Å². The number of nitrogens with one attached hydrogen (secondary N) is 1. The summed E-state index contributed by atoms with van der Waals surface area (Å²) >= 11 is 0. The molecule has 0 bridgehead atoms. The molecule has 1 aromatic heterocycles. The second-order valence-electron chi connectivity index (χ2n) is 5.06. The lowest BCUT2D eigenvalue weighted by molar-refractivity contribution is 0.305. The number of rotatable bonds is 9. The Morgan fingerprint density at radius 3 is 2.68 bits per heavy atom. The van der Waals surface area contributed by atoms with Gasteiger partial charge >= 0.3 is 0 Å². The third-order valence-corrected chi connectivity index (χ3v) is 2.90. The van der Waals surface area contributed by atoms with E-state index in [0.29, 0.717) is 24.5 Å². The van der Waals surface area contributed by atoms with Gasteiger partial charge in [0.15, 0.2) is 0 Å². The van der Waals surface area contributed by atoms with Gasteiger partial charge in [-0.1, -0.05) is 33.1 Å². The zero-order valence-corrected chi connectivity index (χ0v) is 12.7. The van der Waals surface area contributed by atoms with Gasteiger partial charge in [0.25, 0.3) is 0 Å². The van der Waals surface area contributed by atoms with Crippen LogP contribution in [0.25, 0.3) is 0 Å². The monoisotopic (exact) mass is 265 g/mol. The highest BCUT2D eigenvalue weighted by Crippen LogP contribution is 2.14. The molecule has 1 unspecified atom stereocenters. The van der Waals surface area contributed by atoms with Gasteiger partial charge in [-0.25, -0.2) is 4.98 Å². The van der Waals surface area contributed by atoms with E-state index in [1.807, 2.05) is 13.0 Å². The molecule has 0 aliphatic heterocycles. The average molecular weight is 265 g/mol. The van der Waals surface area contributed by atoms with E-state index in [4.69, 9.17) is 4.74 Å². The highest BCUT2D eigenvalue weighted by atomic mass is 16.5. The zero-order chi connectivity index (χ0) is 14.1. The molecule has 0 radical (unpaired) electrons. The molecule has 1 aromatic rings. The standard InChI is InChI=1S/C15H27N3O/c1-5-7-8-9-12(3)16-15-17-13(4)11-14(18-15)19-10-6-2/h11-12H,5-10H2,1-4H3,(H,16,17,18). The number of aryl methyl sites for hydroxylation is 1. The first-order valence-corrected chi connectivity index (χ1v) is 7.40. The lowest BCUT2D eigenvalue weighted by atomic mass is 10.1. The summed E-state index contributed by atoms with van der Waals surface area (Å²) in [7, 11) is 0. The molecule has 0 aliphatic carbocycles. The van der Waals surface area contributed by atoms with Crippen molar-refractivity contribution in [2.24, 2.45) is 0 Å². The minimum absolute atomic E-state index is 0.396. The summed E-state index contributed by atoms with van der Waals surface area (Å²) in [5.74, 6) is 1.34. The first kappa shape index (κ1) is 15.7. The van der Waals surface area contributed by atoms with E-state index in [9.17, 15) is 0 Å². The molecule has 4 heteroatoms. The van der Waals surface area contributed by atoms with Crippen molar-refractivity contribution in [1.29, 1.82) is 0 Å². The SMILES string of the molecule is CCCCCC(C)Nc1nc(C)cc(OCCC)n1. The van der Waals surface area contributed by atoms with E-state index in [0.717, 1.165) is 18.5 Å². The second kappa shape index (κ2) is 8.73. The summed E-state index contributed by atoms with van der Waals surface area (Å²) in [6, 6.07) is 2.27. The molecule has 0 aliphatic rings. The van der Waals surface area contributed by atoms with Gasteiger partial charge in [-0.2, -0.15) is 4.98 Å². The van der Waals surface area contributed by atoms with Gasteiger partial charge in [0, 0.05) is 17.8 Å². The fraction of sp³-hybridized carbons (Fsp3) is 0.733. The molecule has 19 heavy (non-hydrogen) atoms. The van der Waals surface area contributed by atoms with Crippen LogP contribution in [0, 0.1) is 6.92 Å². The maximum absolute atomic E-state index is 5.57. The van der Waals surface area contributed by atoms with Crippen molar-refractivity contribution in [3.8, 4) is 5.88 Å². The van der Waals surface area contributed by atoms with Crippen molar-refractivity contribution in [1.82, 2.24) is 9.97 Å². The maximum atomic E-state index is 5.57. The van der Waals surface area contributed by atoms with Crippen molar-refractivity contribution < 1.29 is 4.74 Å². The molecule has 0 spiro atoms. The van der Waals surface area contributed by atoms with Gasteiger partial charge < -0.3 is 10.1 Å². The van der Waals surface area contributed by atoms with E-state index < -0.39 is 0 Å². The van der Waals surface area contributed by atoms with Gasteiger partial charge in [-0.05, 0) is 26.7 Å². The smallest absolute Gasteiger partial charge is 0.226 e. The number of aromatic nitrogens is 2. The minimum atomic E-state index is 0.396. The summed E-state index contributed by atoms with van der Waals surface area (Å²) in [6.07, 6.45) is 5.92. The molecular weight excluding hydrogens is 238 g/mol. The molecule has 108 valence electrons. The van der Waals surface area contributed by atoms with Crippen molar-refractivity contribution in [3.63, 3.8) is 0 Å². The van der Waals surface area contributed by atoms with Crippen LogP contribution in [-0.2, 0) is 0 Å². The van der Waals surface area contributed by atoms with Crippen molar-refractivity contribution in [3.05, 3.63) is 11.8 Å². The van der Waals surface area contributed by atoms with Crippen LogP contribution in [-0.4, -0.2) is 22.6 Å². The third kappa shape index (κ3) is 6.41. The van der Waals surface area contributed by atoms with Crippen molar-refractivity contribution in [2.45, 2.75) is 65.8 Å². The first-order valence-electron chi connectivity index (χ1n) is 7.40. The van der Waals surface area contributed by atoms with Crippen molar-refractivity contribution >= 4 is 5.95 Å². The molecule has 0 saturated carbocycles. The Morgan fingerprint density at radius 2 is 2.00 bits per heavy atom. The van der Waals surface area contributed by atoms with Crippen LogP contribution in [0.5, 0.6) is 5.88 Å². The van der Waals surface area contributed by atoms with Gasteiger partial charge in [-0.15, -0.1) is 0 Å². The Morgan fingerprint density at radius 1 is 1.21 bits per heavy atom. The predicted octanol–water partition coefficient (Wildman–Crippen LogP) is 3.95. The Bertz CT molecular complexity index is 368. The molecule has 0 fully saturated rings. The lowest BCUT2D eigenvalue weighted by Gasteiger charge is -2.14. The summed E-state index contributed by atoms with van der Waals surface area (Å²) in [5, 5.41) is 3.36. The van der Waals surface area contributed by atoms with E-state index in [1.165, 1.54) is 19.3 Å². The number of ether oxygens (including phenoxy) is 1. The van der Waals surface area contributed by atoms with E-state index >= 15 is 0 Å². The third-order valence-electron chi connectivity index (χ3n) is 2.90. The Hall–Kier alpha value is -1.32.